The van der Waals surface area contributed by atoms with Crippen molar-refractivity contribution in [3.8, 4) is 0 Å². The van der Waals surface area contributed by atoms with Crippen LogP contribution in [0.3, 0.4) is 0 Å². The zero-order valence-electron chi connectivity index (χ0n) is 3.03. The third-order valence-corrected chi connectivity index (χ3v) is 0.869. The highest BCUT2D eigenvalue weighted by Gasteiger charge is 1.59. The first-order chi connectivity index (χ1) is 2.50. The van der Waals surface area contributed by atoms with Gasteiger partial charge in [-0.15, -0.1) is 0 Å². The van der Waals surface area contributed by atoms with Gasteiger partial charge >= 0.3 is 0 Å². The maximum atomic E-state index is 3.76. The van der Waals surface area contributed by atoms with Crippen LogP contribution in [-0.2, 0) is 0 Å². The molecule has 1 rings (SSSR count). The van der Waals surface area contributed by atoms with Crippen molar-refractivity contribution in [2.45, 2.75) is 0 Å². The molecule has 0 unspecified atom stereocenters. The minimum absolute atomic E-state index is 0. The molecule has 1 heterocycles. The minimum Gasteiger partial charge on any atom is -0.201 e. The summed E-state index contributed by atoms with van der Waals surface area (Å²) < 4.78 is 3.76. The number of nitrogens with zero attached hydrogens (tertiary/aromatic N) is 2. The zero-order valence-corrected chi connectivity index (χ0v) is 3.85. The number of rotatable bonds is 0. The average molecular weight is 99.1 g/mol. The van der Waals surface area contributed by atoms with Gasteiger partial charge < -0.3 is 0 Å². The molecular weight excluding hydrogens is 96.1 g/mol. The van der Waals surface area contributed by atoms with Crippen molar-refractivity contribution in [3.05, 3.63) is 17.6 Å². The summed E-state index contributed by atoms with van der Waals surface area (Å²) in [4.78, 5) is 0. The van der Waals surface area contributed by atoms with Gasteiger partial charge in [0.1, 0.15) is 0 Å². The predicted octanol–water partition coefficient (Wildman–Crippen LogP) is 0.662. The van der Waals surface area contributed by atoms with E-state index in [1.807, 2.05) is 11.4 Å². The number of aromatic nitrogens is 1. The van der Waals surface area contributed by atoms with Crippen LogP contribution >= 0.6 is 11.5 Å². The van der Waals surface area contributed by atoms with Crippen LogP contribution in [0.25, 0.3) is 0 Å². The summed E-state index contributed by atoms with van der Waals surface area (Å²) >= 11 is 1.46. The average Bonchev–Trinajstić information content (AvgIpc) is 1.76. The summed E-state index contributed by atoms with van der Waals surface area (Å²) in [5.74, 6) is 0. The van der Waals surface area contributed by atoms with Crippen LogP contribution in [0, 0.1) is 0 Å². The Kier molecular flexibility index (Phi) is 2.62. The minimum atomic E-state index is 0. The molecule has 0 aliphatic rings. The second kappa shape index (κ2) is 2.81. The molecular formula is C3H3N2S. The molecule has 0 amide bonds. The molecule has 1 aromatic heterocycles. The lowest BCUT2D eigenvalue weighted by molar-refractivity contribution is 1.58. The zero-order chi connectivity index (χ0) is 3.54. The van der Waals surface area contributed by atoms with Crippen molar-refractivity contribution in [1.29, 1.82) is 0 Å². The van der Waals surface area contributed by atoms with Crippen molar-refractivity contribution < 1.29 is 0 Å². The second-order valence-corrected chi connectivity index (χ2v) is 1.38. The molecule has 0 saturated carbocycles. The Balaban J connectivity index is 0.000000250. The van der Waals surface area contributed by atoms with Gasteiger partial charge in [0.15, 0.2) is 0 Å². The topological polar surface area (TPSA) is 43.4 Å². The van der Waals surface area contributed by atoms with E-state index < -0.39 is 0 Å². The highest BCUT2D eigenvalue weighted by atomic mass is 32.1. The van der Waals surface area contributed by atoms with E-state index in [4.69, 9.17) is 0 Å². The molecule has 0 spiro atoms. The van der Waals surface area contributed by atoms with E-state index in [0.29, 0.717) is 0 Å². The Bertz CT molecular complexity index is 65.3. The molecule has 3 radical (unpaired) electrons. The Hall–Kier alpha value is -0.410. The van der Waals surface area contributed by atoms with Gasteiger partial charge in [-0.05, 0) is 17.6 Å². The quantitative estimate of drug-likeness (QED) is 0.471. The van der Waals surface area contributed by atoms with Gasteiger partial charge in [-0.1, -0.05) is 0 Å². The fourth-order valence-electron chi connectivity index (χ4n) is 0.176. The van der Waals surface area contributed by atoms with Gasteiger partial charge in [0.25, 0.3) is 0 Å². The summed E-state index contributed by atoms with van der Waals surface area (Å²) in [6, 6.07) is 1.91. The molecule has 3 heteroatoms. The summed E-state index contributed by atoms with van der Waals surface area (Å²) in [5.41, 5.74) is 0. The predicted molar refractivity (Wildman–Crippen MR) is 24.2 cm³/mol. The van der Waals surface area contributed by atoms with Crippen LogP contribution in [0.5, 0.6) is 0 Å². The molecule has 0 N–H and O–H groups in total. The highest BCUT2D eigenvalue weighted by molar-refractivity contribution is 7.03. The SMILES string of the molecule is [N].c1cnsc1. The van der Waals surface area contributed by atoms with Gasteiger partial charge in [-0.3, -0.25) is 0 Å². The van der Waals surface area contributed by atoms with E-state index in [0.717, 1.165) is 0 Å². The largest absolute Gasteiger partial charge is 0.201 e. The Morgan fingerprint density at radius 1 is 1.50 bits per heavy atom. The first-order valence-corrected chi connectivity index (χ1v) is 2.18. The summed E-state index contributed by atoms with van der Waals surface area (Å²) in [7, 11) is 0. The Morgan fingerprint density at radius 3 is 2.50 bits per heavy atom. The van der Waals surface area contributed by atoms with Crippen LogP contribution in [0.15, 0.2) is 17.6 Å². The van der Waals surface area contributed by atoms with Crippen LogP contribution in [0.4, 0.5) is 0 Å². The lowest BCUT2D eigenvalue weighted by Crippen LogP contribution is -1.32. The maximum Gasteiger partial charge on any atom is 0.0406 e. The smallest absolute Gasteiger partial charge is 0.0406 e. The summed E-state index contributed by atoms with van der Waals surface area (Å²) in [6.07, 6.45) is 1.77. The van der Waals surface area contributed by atoms with Crippen LogP contribution in [0.1, 0.15) is 0 Å². The van der Waals surface area contributed by atoms with E-state index in [1.165, 1.54) is 11.5 Å². The van der Waals surface area contributed by atoms with Crippen molar-refractivity contribution in [2.75, 3.05) is 0 Å². The molecule has 0 aromatic carbocycles. The Labute approximate surface area is 40.6 Å². The van der Waals surface area contributed by atoms with Gasteiger partial charge in [-0.2, -0.15) is 0 Å². The van der Waals surface area contributed by atoms with E-state index >= 15 is 0 Å². The molecule has 6 heavy (non-hydrogen) atoms. The van der Waals surface area contributed by atoms with Crippen LogP contribution < -0.4 is 6.15 Å². The van der Waals surface area contributed by atoms with E-state index in [1.54, 1.807) is 6.20 Å². The fourth-order valence-corrected chi connectivity index (χ4v) is 0.527. The normalized spacial score (nSPS) is 6.67. The first kappa shape index (κ1) is 5.59. The first-order valence-electron chi connectivity index (χ1n) is 1.34. The third-order valence-electron chi connectivity index (χ3n) is 0.347. The van der Waals surface area contributed by atoms with Crippen molar-refractivity contribution >= 4 is 11.5 Å². The van der Waals surface area contributed by atoms with Crippen molar-refractivity contribution in [2.24, 2.45) is 0 Å². The van der Waals surface area contributed by atoms with Crippen LogP contribution in [0.2, 0.25) is 0 Å². The van der Waals surface area contributed by atoms with Crippen molar-refractivity contribution in [3.63, 3.8) is 0 Å². The lowest BCUT2D eigenvalue weighted by atomic mass is 10.8. The Morgan fingerprint density at radius 2 is 2.33 bits per heavy atom. The molecule has 0 aliphatic carbocycles. The molecule has 2 nitrogen and oxygen atoms in total. The molecule has 0 bridgehead atoms. The molecule has 0 aliphatic heterocycles. The summed E-state index contributed by atoms with van der Waals surface area (Å²) in [6.45, 7) is 0. The monoisotopic (exact) mass is 99.0 g/mol. The standard InChI is InChI=1S/C3H3NS.N/c1-2-4-5-3-1;/h1-3H;. The van der Waals surface area contributed by atoms with E-state index in [9.17, 15) is 0 Å². The van der Waals surface area contributed by atoms with Gasteiger partial charge in [0.2, 0.25) is 0 Å². The van der Waals surface area contributed by atoms with E-state index in [-0.39, 0.29) is 6.15 Å². The lowest BCUT2D eigenvalue weighted by Gasteiger charge is -1.41. The number of hydrogen-bond donors (Lipinski definition) is 0. The molecule has 0 atom stereocenters. The van der Waals surface area contributed by atoms with Crippen LogP contribution in [-0.4, -0.2) is 4.37 Å². The van der Waals surface area contributed by atoms with Gasteiger partial charge in [0, 0.05) is 17.7 Å². The fraction of sp³-hybridized carbons (Fsp3) is 0. The number of hydrogen-bond acceptors (Lipinski definition) is 2. The highest BCUT2D eigenvalue weighted by Crippen LogP contribution is 1.83. The summed E-state index contributed by atoms with van der Waals surface area (Å²) in [5, 5.41) is 1.93. The third kappa shape index (κ3) is 1.14. The van der Waals surface area contributed by atoms with Gasteiger partial charge in [-0.25, -0.2) is 4.37 Å². The van der Waals surface area contributed by atoms with Crippen molar-refractivity contribution in [1.82, 2.24) is 10.5 Å². The second-order valence-electron chi connectivity index (χ2n) is 0.688. The van der Waals surface area contributed by atoms with E-state index in [2.05, 4.69) is 4.37 Å². The molecule has 31 valence electrons. The molecule has 0 fully saturated rings. The molecule has 1 aromatic rings. The van der Waals surface area contributed by atoms with Gasteiger partial charge in [0.05, 0.1) is 0 Å². The maximum absolute atomic E-state index is 3.76. The molecule has 0 saturated heterocycles.